The summed E-state index contributed by atoms with van der Waals surface area (Å²) in [6, 6.07) is 4.93. The fourth-order valence-corrected chi connectivity index (χ4v) is 2.28. The lowest BCUT2D eigenvalue weighted by Gasteiger charge is -2.06. The van der Waals surface area contributed by atoms with Crippen LogP contribution in [0.5, 0.6) is 0 Å². The number of hydrogen-bond donors (Lipinski definition) is 1. The molecule has 1 aromatic carbocycles. The minimum absolute atomic E-state index is 0.0993. The van der Waals surface area contributed by atoms with E-state index in [4.69, 9.17) is 17.3 Å². The number of nitrogens with two attached hydrogens (primary N) is 1. The third-order valence-electron chi connectivity index (χ3n) is 3.15. The molecule has 2 aromatic rings. The van der Waals surface area contributed by atoms with Gasteiger partial charge >= 0.3 is 0 Å². The molecule has 1 aromatic heterocycles. The second-order valence-corrected chi connectivity index (χ2v) is 4.94. The van der Waals surface area contributed by atoms with E-state index in [9.17, 15) is 4.39 Å². The molecular weight excluding hydrogens is 265 g/mol. The van der Waals surface area contributed by atoms with Crippen LogP contribution < -0.4 is 5.73 Å². The Labute approximate surface area is 117 Å². The van der Waals surface area contributed by atoms with E-state index in [0.717, 1.165) is 25.0 Å². The number of nitrogen functional groups attached to an aromatic ring is 1. The summed E-state index contributed by atoms with van der Waals surface area (Å²) in [6.45, 7) is 2.10. The highest BCUT2D eigenvalue weighted by Crippen LogP contribution is 2.34. The van der Waals surface area contributed by atoms with Gasteiger partial charge in [0.25, 0.3) is 0 Å². The van der Waals surface area contributed by atoms with Crippen molar-refractivity contribution < 1.29 is 4.39 Å². The number of rotatable bonds is 4. The number of hydrogen-bond acceptors (Lipinski definition) is 2. The van der Waals surface area contributed by atoms with Crippen LogP contribution in [0.4, 0.5) is 10.2 Å². The molecule has 5 heteroatoms. The third-order valence-corrected chi connectivity index (χ3v) is 3.44. The Morgan fingerprint density at radius 3 is 2.84 bits per heavy atom. The first-order chi connectivity index (χ1) is 9.06. The minimum atomic E-state index is -0.443. The first kappa shape index (κ1) is 13.9. The van der Waals surface area contributed by atoms with Crippen molar-refractivity contribution >= 4 is 17.4 Å². The van der Waals surface area contributed by atoms with Crippen LogP contribution >= 0.6 is 11.6 Å². The summed E-state index contributed by atoms with van der Waals surface area (Å²) in [5, 5.41) is 4.48. The highest BCUT2D eigenvalue weighted by molar-refractivity contribution is 6.31. The van der Waals surface area contributed by atoms with Crippen LogP contribution in [0, 0.1) is 5.82 Å². The van der Waals surface area contributed by atoms with Crippen LogP contribution in [-0.2, 0) is 13.5 Å². The molecule has 3 nitrogen and oxygen atoms in total. The average molecular weight is 282 g/mol. The van der Waals surface area contributed by atoms with E-state index in [-0.39, 0.29) is 5.02 Å². The van der Waals surface area contributed by atoms with Crippen molar-refractivity contribution in [3.05, 3.63) is 34.7 Å². The summed E-state index contributed by atoms with van der Waals surface area (Å²) < 4.78 is 15.7. The van der Waals surface area contributed by atoms with Crippen molar-refractivity contribution in [3.8, 4) is 11.1 Å². The molecule has 0 fully saturated rings. The van der Waals surface area contributed by atoms with Gasteiger partial charge < -0.3 is 5.73 Å². The summed E-state index contributed by atoms with van der Waals surface area (Å²) in [5.74, 6) is 0.0221. The minimum Gasteiger partial charge on any atom is -0.383 e. The second kappa shape index (κ2) is 5.61. The molecule has 0 aliphatic carbocycles. The van der Waals surface area contributed by atoms with Gasteiger partial charge in [-0.1, -0.05) is 37.1 Å². The molecule has 0 atom stereocenters. The maximum Gasteiger partial charge on any atom is 0.149 e. The summed E-state index contributed by atoms with van der Waals surface area (Å²) in [7, 11) is 1.76. The fraction of sp³-hybridized carbons (Fsp3) is 0.357. The van der Waals surface area contributed by atoms with E-state index in [1.165, 1.54) is 6.07 Å². The van der Waals surface area contributed by atoms with Gasteiger partial charge in [-0.15, -0.1) is 0 Å². The first-order valence-electron chi connectivity index (χ1n) is 6.32. The van der Waals surface area contributed by atoms with E-state index in [0.29, 0.717) is 16.9 Å². The Bertz CT molecular complexity index is 593. The van der Waals surface area contributed by atoms with E-state index in [1.807, 2.05) is 0 Å². The summed E-state index contributed by atoms with van der Waals surface area (Å²) in [5.41, 5.74) is 7.92. The van der Waals surface area contributed by atoms with Crippen molar-refractivity contribution in [2.24, 2.45) is 7.05 Å². The Morgan fingerprint density at radius 1 is 1.42 bits per heavy atom. The molecule has 0 saturated heterocycles. The van der Waals surface area contributed by atoms with Crippen LogP contribution in [0.25, 0.3) is 11.1 Å². The fourth-order valence-electron chi connectivity index (χ4n) is 2.10. The summed E-state index contributed by atoms with van der Waals surface area (Å²) in [4.78, 5) is 0. The lowest BCUT2D eigenvalue weighted by Crippen LogP contribution is -1.98. The van der Waals surface area contributed by atoms with E-state index in [2.05, 4.69) is 12.0 Å². The molecule has 2 rings (SSSR count). The summed E-state index contributed by atoms with van der Waals surface area (Å²) >= 11 is 5.84. The molecule has 102 valence electrons. The molecule has 0 aliphatic rings. The lowest BCUT2D eigenvalue weighted by molar-refractivity contribution is 0.631. The number of anilines is 1. The van der Waals surface area contributed by atoms with Gasteiger partial charge in [0.05, 0.1) is 10.7 Å². The Hall–Kier alpha value is -1.55. The first-order valence-corrected chi connectivity index (χ1v) is 6.69. The Kier molecular flexibility index (Phi) is 4.10. The highest BCUT2D eigenvalue weighted by atomic mass is 35.5. The van der Waals surface area contributed by atoms with Gasteiger partial charge in [0.15, 0.2) is 0 Å². The van der Waals surface area contributed by atoms with Gasteiger partial charge in [-0.2, -0.15) is 5.10 Å². The zero-order valence-corrected chi connectivity index (χ0v) is 11.8. The predicted octanol–water partition coefficient (Wildman–Crippen LogP) is 3.80. The lowest BCUT2D eigenvalue weighted by atomic mass is 10.0. The van der Waals surface area contributed by atoms with Crippen molar-refractivity contribution in [1.29, 1.82) is 0 Å². The number of halogens is 2. The molecule has 0 saturated carbocycles. The number of nitrogens with zero attached hydrogens (tertiary/aromatic N) is 2. The normalized spacial score (nSPS) is 10.9. The maximum absolute atomic E-state index is 14.2. The number of aryl methyl sites for hydroxylation is 2. The van der Waals surface area contributed by atoms with Crippen LogP contribution in [0.2, 0.25) is 5.02 Å². The van der Waals surface area contributed by atoms with Crippen LogP contribution in [0.15, 0.2) is 18.2 Å². The van der Waals surface area contributed by atoms with Gasteiger partial charge in [0, 0.05) is 18.2 Å². The van der Waals surface area contributed by atoms with E-state index in [1.54, 1.807) is 23.9 Å². The molecule has 0 unspecified atom stereocenters. The van der Waals surface area contributed by atoms with Gasteiger partial charge in [0.1, 0.15) is 11.6 Å². The zero-order valence-electron chi connectivity index (χ0n) is 11.1. The second-order valence-electron chi connectivity index (χ2n) is 4.54. The SMILES string of the molecule is CCCCc1nn(C)c(N)c1-c1cccc(Cl)c1F. The molecule has 1 heterocycles. The molecule has 19 heavy (non-hydrogen) atoms. The molecule has 0 spiro atoms. The van der Waals surface area contributed by atoms with Crippen LogP contribution in [0.3, 0.4) is 0 Å². The van der Waals surface area contributed by atoms with Gasteiger partial charge in [-0.3, -0.25) is 4.68 Å². The van der Waals surface area contributed by atoms with Crippen molar-refractivity contribution in [2.75, 3.05) is 5.73 Å². The third kappa shape index (κ3) is 2.59. The van der Waals surface area contributed by atoms with Gasteiger partial charge in [0.2, 0.25) is 0 Å². The predicted molar refractivity (Wildman–Crippen MR) is 76.6 cm³/mol. The number of aromatic nitrogens is 2. The quantitative estimate of drug-likeness (QED) is 0.926. The van der Waals surface area contributed by atoms with Gasteiger partial charge in [-0.25, -0.2) is 4.39 Å². The highest BCUT2D eigenvalue weighted by Gasteiger charge is 2.19. The van der Waals surface area contributed by atoms with Crippen molar-refractivity contribution in [3.63, 3.8) is 0 Å². The zero-order chi connectivity index (χ0) is 14.0. The molecule has 0 radical (unpaired) electrons. The van der Waals surface area contributed by atoms with Crippen LogP contribution in [-0.4, -0.2) is 9.78 Å². The maximum atomic E-state index is 14.2. The monoisotopic (exact) mass is 281 g/mol. The molecule has 0 bridgehead atoms. The largest absolute Gasteiger partial charge is 0.383 e. The van der Waals surface area contributed by atoms with E-state index >= 15 is 0 Å². The van der Waals surface area contributed by atoms with Crippen molar-refractivity contribution in [2.45, 2.75) is 26.2 Å². The molecule has 0 amide bonds. The Morgan fingerprint density at radius 2 is 2.16 bits per heavy atom. The van der Waals surface area contributed by atoms with Crippen LogP contribution in [0.1, 0.15) is 25.5 Å². The molecule has 2 N–H and O–H groups in total. The summed E-state index contributed by atoms with van der Waals surface area (Å²) in [6.07, 6.45) is 2.82. The smallest absolute Gasteiger partial charge is 0.149 e. The topological polar surface area (TPSA) is 43.8 Å². The standard InChI is InChI=1S/C14H17ClFN3/c1-3-4-8-11-12(14(17)19(2)18-11)9-6-5-7-10(15)13(9)16/h5-7H,3-4,8,17H2,1-2H3. The Balaban J connectivity index is 2.57. The number of unbranched alkanes of at least 4 members (excludes halogenated alkanes) is 1. The average Bonchev–Trinajstić information content (AvgIpc) is 2.66. The molecule has 0 aliphatic heterocycles. The van der Waals surface area contributed by atoms with E-state index < -0.39 is 5.82 Å². The van der Waals surface area contributed by atoms with Crippen molar-refractivity contribution in [1.82, 2.24) is 9.78 Å². The number of benzene rings is 1. The molecular formula is C14H17ClFN3. The van der Waals surface area contributed by atoms with Gasteiger partial charge in [-0.05, 0) is 18.9 Å².